The van der Waals surface area contributed by atoms with E-state index in [-0.39, 0.29) is 0 Å². The zero-order valence-electron chi connectivity index (χ0n) is 14.8. The Labute approximate surface area is 156 Å². The first-order valence-corrected chi connectivity index (χ1v) is 9.01. The Morgan fingerprint density at radius 2 is 2.08 bits per heavy atom. The summed E-state index contributed by atoms with van der Waals surface area (Å²) in [7, 11) is 1.67. The summed E-state index contributed by atoms with van der Waals surface area (Å²) in [5.41, 5.74) is 3.65. The second-order valence-electron chi connectivity index (χ2n) is 5.69. The van der Waals surface area contributed by atoms with Gasteiger partial charge < -0.3 is 4.74 Å². The number of rotatable bonds is 6. The van der Waals surface area contributed by atoms with E-state index in [1.54, 1.807) is 19.5 Å². The van der Waals surface area contributed by atoms with Crippen LogP contribution in [0.3, 0.4) is 0 Å². The number of hydrogen-bond acceptors (Lipinski definition) is 5. The van der Waals surface area contributed by atoms with Crippen molar-refractivity contribution in [2.24, 2.45) is 10.1 Å². The van der Waals surface area contributed by atoms with Crippen molar-refractivity contribution in [3.63, 3.8) is 0 Å². The lowest BCUT2D eigenvalue weighted by Crippen LogP contribution is -2.13. The van der Waals surface area contributed by atoms with Gasteiger partial charge in [-0.2, -0.15) is 5.10 Å². The molecule has 6 heteroatoms. The molecule has 0 saturated carbocycles. The second kappa shape index (κ2) is 8.40. The number of aromatic nitrogens is 2. The smallest absolute Gasteiger partial charge is 0.206 e. The third-order valence-electron chi connectivity index (χ3n) is 3.55. The third-order valence-corrected chi connectivity index (χ3v) is 4.40. The number of hydrogen-bond donors (Lipinski definition) is 0. The SMILES string of the molecule is C=C(C)CN=c1scc(-c2ccccc2OC)n1N=Cc1ccccn1. The van der Waals surface area contributed by atoms with Crippen LogP contribution in [-0.2, 0) is 0 Å². The van der Waals surface area contributed by atoms with Gasteiger partial charge in [0, 0.05) is 17.1 Å². The molecule has 0 saturated heterocycles. The molecule has 132 valence electrons. The van der Waals surface area contributed by atoms with Gasteiger partial charge >= 0.3 is 0 Å². The molecule has 0 aliphatic carbocycles. The van der Waals surface area contributed by atoms with Crippen molar-refractivity contribution in [2.45, 2.75) is 6.92 Å². The van der Waals surface area contributed by atoms with E-state index >= 15 is 0 Å². The van der Waals surface area contributed by atoms with Gasteiger partial charge in [-0.05, 0) is 31.2 Å². The minimum atomic E-state index is 0.561. The van der Waals surface area contributed by atoms with Crippen molar-refractivity contribution in [3.05, 3.63) is 76.7 Å². The van der Waals surface area contributed by atoms with E-state index in [0.29, 0.717) is 6.54 Å². The molecule has 3 rings (SSSR count). The molecule has 5 nitrogen and oxygen atoms in total. The first-order valence-electron chi connectivity index (χ1n) is 8.13. The number of nitrogens with zero attached hydrogens (tertiary/aromatic N) is 4. The average molecular weight is 364 g/mol. The molecule has 0 fully saturated rings. The Hall–Kier alpha value is -2.99. The third kappa shape index (κ3) is 4.15. The lowest BCUT2D eigenvalue weighted by atomic mass is 10.1. The first kappa shape index (κ1) is 17.8. The van der Waals surface area contributed by atoms with Gasteiger partial charge in [0.15, 0.2) is 0 Å². The van der Waals surface area contributed by atoms with Gasteiger partial charge in [-0.1, -0.05) is 30.4 Å². The van der Waals surface area contributed by atoms with E-state index in [9.17, 15) is 0 Å². The zero-order valence-corrected chi connectivity index (χ0v) is 15.6. The quantitative estimate of drug-likeness (QED) is 0.491. The molecule has 0 spiro atoms. The molecule has 0 atom stereocenters. The Bertz CT molecular complexity index is 986. The van der Waals surface area contributed by atoms with E-state index in [2.05, 4.69) is 21.7 Å². The maximum atomic E-state index is 5.51. The molecular formula is C20H20N4OS. The molecule has 0 radical (unpaired) electrons. The highest BCUT2D eigenvalue weighted by atomic mass is 32.1. The fourth-order valence-corrected chi connectivity index (χ4v) is 3.16. The van der Waals surface area contributed by atoms with Gasteiger partial charge in [-0.15, -0.1) is 11.3 Å². The van der Waals surface area contributed by atoms with Crippen molar-refractivity contribution in [2.75, 3.05) is 13.7 Å². The molecule has 26 heavy (non-hydrogen) atoms. The summed E-state index contributed by atoms with van der Waals surface area (Å²) in [5.74, 6) is 0.790. The van der Waals surface area contributed by atoms with Crippen LogP contribution in [-0.4, -0.2) is 29.5 Å². The maximum absolute atomic E-state index is 5.51. The molecule has 0 unspecified atom stereocenters. The summed E-state index contributed by atoms with van der Waals surface area (Å²) >= 11 is 1.53. The number of benzene rings is 1. The van der Waals surface area contributed by atoms with Gasteiger partial charge in [0.25, 0.3) is 0 Å². The normalized spacial score (nSPS) is 11.8. The van der Waals surface area contributed by atoms with Crippen LogP contribution in [0.4, 0.5) is 0 Å². The molecule has 0 aliphatic heterocycles. The lowest BCUT2D eigenvalue weighted by Gasteiger charge is -2.08. The van der Waals surface area contributed by atoms with Crippen molar-refractivity contribution in [1.29, 1.82) is 0 Å². The molecular weight excluding hydrogens is 344 g/mol. The van der Waals surface area contributed by atoms with Crippen molar-refractivity contribution in [3.8, 4) is 17.0 Å². The fraction of sp³-hybridized carbons (Fsp3) is 0.150. The van der Waals surface area contributed by atoms with Crippen LogP contribution in [0.2, 0.25) is 0 Å². The average Bonchev–Trinajstić information content (AvgIpc) is 3.08. The van der Waals surface area contributed by atoms with Crippen LogP contribution in [0.25, 0.3) is 11.3 Å². The van der Waals surface area contributed by atoms with Gasteiger partial charge in [0.05, 0.1) is 31.3 Å². The molecule has 0 amide bonds. The van der Waals surface area contributed by atoms with Crippen LogP contribution < -0.4 is 9.54 Å². The Balaban J connectivity index is 2.12. The minimum absolute atomic E-state index is 0.561. The highest BCUT2D eigenvalue weighted by molar-refractivity contribution is 7.07. The van der Waals surface area contributed by atoms with Gasteiger partial charge in [-0.3, -0.25) is 9.98 Å². The van der Waals surface area contributed by atoms with Gasteiger partial charge in [-0.25, -0.2) is 4.68 Å². The first-order chi connectivity index (χ1) is 12.7. The number of ether oxygens (including phenoxy) is 1. The molecule has 0 bridgehead atoms. The zero-order chi connectivity index (χ0) is 18.4. The van der Waals surface area contributed by atoms with Crippen LogP contribution in [0.15, 0.2) is 76.3 Å². The highest BCUT2D eigenvalue weighted by Crippen LogP contribution is 2.29. The highest BCUT2D eigenvalue weighted by Gasteiger charge is 2.11. The lowest BCUT2D eigenvalue weighted by molar-refractivity contribution is 0.416. The van der Waals surface area contributed by atoms with Crippen molar-refractivity contribution < 1.29 is 4.74 Å². The van der Waals surface area contributed by atoms with Crippen LogP contribution in [0, 0.1) is 0 Å². The predicted octanol–water partition coefficient (Wildman–Crippen LogP) is 3.98. The maximum Gasteiger partial charge on any atom is 0.206 e. The number of pyridine rings is 1. The fourth-order valence-electron chi connectivity index (χ4n) is 2.33. The van der Waals surface area contributed by atoms with Crippen LogP contribution in [0.1, 0.15) is 12.6 Å². The van der Waals surface area contributed by atoms with Crippen molar-refractivity contribution >= 4 is 17.6 Å². The van der Waals surface area contributed by atoms with Crippen LogP contribution in [0.5, 0.6) is 5.75 Å². The number of methoxy groups -OCH3 is 1. The van der Waals surface area contributed by atoms with E-state index in [0.717, 1.165) is 33.1 Å². The summed E-state index contributed by atoms with van der Waals surface area (Å²) in [4.78, 5) is 9.71. The largest absolute Gasteiger partial charge is 0.496 e. The Kier molecular flexibility index (Phi) is 5.76. The summed E-state index contributed by atoms with van der Waals surface area (Å²) in [6.45, 7) is 6.44. The van der Waals surface area contributed by atoms with Gasteiger partial charge in [0.1, 0.15) is 5.75 Å². The Morgan fingerprint density at radius 1 is 1.27 bits per heavy atom. The molecule has 0 N–H and O–H groups in total. The predicted molar refractivity (Wildman–Crippen MR) is 107 cm³/mol. The van der Waals surface area contributed by atoms with E-state index in [1.165, 1.54) is 11.3 Å². The van der Waals surface area contributed by atoms with Crippen molar-refractivity contribution in [1.82, 2.24) is 9.66 Å². The van der Waals surface area contributed by atoms with E-state index in [1.807, 2.05) is 59.4 Å². The molecule has 1 aromatic carbocycles. The van der Waals surface area contributed by atoms with E-state index in [4.69, 9.17) is 4.74 Å². The summed E-state index contributed by atoms with van der Waals surface area (Å²) in [6.07, 6.45) is 3.47. The van der Waals surface area contributed by atoms with Gasteiger partial charge in [0.2, 0.25) is 4.80 Å². The molecule has 2 aromatic heterocycles. The Morgan fingerprint density at radius 3 is 2.81 bits per heavy atom. The molecule has 2 heterocycles. The second-order valence-corrected chi connectivity index (χ2v) is 6.52. The number of thiazole rings is 1. The molecule has 0 aliphatic rings. The van der Waals surface area contributed by atoms with Crippen LogP contribution >= 0.6 is 11.3 Å². The van der Waals surface area contributed by atoms with E-state index < -0.39 is 0 Å². The summed E-state index contributed by atoms with van der Waals surface area (Å²) in [6, 6.07) is 13.6. The standard InChI is InChI=1S/C20H20N4OS/c1-15(2)12-22-20-24(23-13-16-8-6-7-11-21-16)18(14-26-20)17-9-4-5-10-19(17)25-3/h4-11,13-14H,1,12H2,2-3H3. The molecule has 3 aromatic rings. The minimum Gasteiger partial charge on any atom is -0.496 e. The topological polar surface area (TPSA) is 51.8 Å². The number of para-hydroxylation sites is 1. The summed E-state index contributed by atoms with van der Waals surface area (Å²) in [5, 5.41) is 6.66. The summed E-state index contributed by atoms with van der Waals surface area (Å²) < 4.78 is 7.33. The monoisotopic (exact) mass is 364 g/mol.